The standard InChI is InChI=1S/C25H35N3O5S/c1-6-20-9-13-22(14-10-20)28(34(5,31)32)17-7-8-24(29)27(19(2)25(30)26-3)18-21-11-15-23(33-4)16-12-21/h9-16,19H,6-8,17-18H2,1-5H3,(H,26,30)/t19-/m0/s1. The van der Waals surface area contributed by atoms with Gasteiger partial charge in [-0.15, -0.1) is 0 Å². The van der Waals surface area contributed by atoms with E-state index in [1.807, 2.05) is 31.2 Å². The van der Waals surface area contributed by atoms with Crippen LogP contribution in [0.3, 0.4) is 0 Å². The van der Waals surface area contributed by atoms with Gasteiger partial charge in [0.2, 0.25) is 21.8 Å². The molecular weight excluding hydrogens is 454 g/mol. The van der Waals surface area contributed by atoms with Crippen LogP contribution >= 0.6 is 0 Å². The van der Waals surface area contributed by atoms with Gasteiger partial charge in [-0.3, -0.25) is 13.9 Å². The fourth-order valence-corrected chi connectivity index (χ4v) is 4.59. The second-order valence-electron chi connectivity index (χ2n) is 8.12. The van der Waals surface area contributed by atoms with Gasteiger partial charge in [0.1, 0.15) is 11.8 Å². The number of ether oxygens (including phenoxy) is 1. The highest BCUT2D eigenvalue weighted by Crippen LogP contribution is 2.20. The first kappa shape index (κ1) is 27.2. The van der Waals surface area contributed by atoms with Crippen molar-refractivity contribution >= 4 is 27.5 Å². The maximum atomic E-state index is 13.1. The average Bonchev–Trinajstić information content (AvgIpc) is 2.83. The first-order chi connectivity index (χ1) is 16.1. The number of aryl methyl sites for hydroxylation is 1. The van der Waals surface area contributed by atoms with E-state index in [9.17, 15) is 18.0 Å². The van der Waals surface area contributed by atoms with E-state index in [0.29, 0.717) is 17.9 Å². The number of carbonyl (C=O) groups is 2. The molecule has 0 saturated heterocycles. The second kappa shape index (κ2) is 12.4. The lowest BCUT2D eigenvalue weighted by atomic mass is 10.1. The van der Waals surface area contributed by atoms with Crippen molar-refractivity contribution in [1.82, 2.24) is 10.2 Å². The zero-order valence-electron chi connectivity index (χ0n) is 20.6. The number of anilines is 1. The number of nitrogens with one attached hydrogen (secondary N) is 1. The Labute approximate surface area is 202 Å². The van der Waals surface area contributed by atoms with E-state index in [2.05, 4.69) is 5.32 Å². The maximum Gasteiger partial charge on any atom is 0.242 e. The van der Waals surface area contributed by atoms with E-state index in [1.54, 1.807) is 38.3 Å². The summed E-state index contributed by atoms with van der Waals surface area (Å²) in [4.78, 5) is 26.9. The lowest BCUT2D eigenvalue weighted by Crippen LogP contribution is -2.46. The van der Waals surface area contributed by atoms with Crippen LogP contribution in [-0.4, -0.2) is 58.1 Å². The Morgan fingerprint density at radius 2 is 1.62 bits per heavy atom. The van der Waals surface area contributed by atoms with Gasteiger partial charge in [0.25, 0.3) is 0 Å². The van der Waals surface area contributed by atoms with E-state index < -0.39 is 16.1 Å². The molecule has 0 bridgehead atoms. The normalized spacial score (nSPS) is 12.0. The summed E-state index contributed by atoms with van der Waals surface area (Å²) in [5.74, 6) is 0.214. The molecule has 1 atom stereocenters. The number of nitrogens with zero attached hydrogens (tertiary/aromatic N) is 2. The SMILES string of the molecule is CCc1ccc(N(CCCC(=O)N(Cc2ccc(OC)cc2)[C@@H](C)C(=O)NC)S(C)(=O)=O)cc1. The van der Waals surface area contributed by atoms with E-state index >= 15 is 0 Å². The highest BCUT2D eigenvalue weighted by atomic mass is 32.2. The number of amides is 2. The molecule has 0 aliphatic carbocycles. The van der Waals surface area contributed by atoms with E-state index in [1.165, 1.54) is 16.3 Å². The van der Waals surface area contributed by atoms with E-state index in [-0.39, 0.29) is 31.3 Å². The van der Waals surface area contributed by atoms with Gasteiger partial charge >= 0.3 is 0 Å². The Balaban J connectivity index is 2.13. The number of benzene rings is 2. The van der Waals surface area contributed by atoms with Gasteiger partial charge in [-0.1, -0.05) is 31.2 Å². The largest absolute Gasteiger partial charge is 0.497 e. The van der Waals surface area contributed by atoms with Crippen LogP contribution in [0.15, 0.2) is 48.5 Å². The minimum absolute atomic E-state index is 0.108. The average molecular weight is 490 g/mol. The van der Waals surface area contributed by atoms with Crippen molar-refractivity contribution in [1.29, 1.82) is 0 Å². The molecule has 0 spiro atoms. The molecule has 1 N–H and O–H groups in total. The van der Waals surface area contributed by atoms with Crippen LogP contribution in [0.4, 0.5) is 5.69 Å². The topological polar surface area (TPSA) is 96.0 Å². The first-order valence-corrected chi connectivity index (χ1v) is 13.2. The summed E-state index contributed by atoms with van der Waals surface area (Å²) in [6, 6.07) is 14.0. The zero-order chi connectivity index (χ0) is 25.3. The summed E-state index contributed by atoms with van der Waals surface area (Å²) < 4.78 is 31.3. The molecule has 0 aromatic heterocycles. The fourth-order valence-electron chi connectivity index (χ4n) is 3.62. The van der Waals surface area contributed by atoms with Gasteiger partial charge < -0.3 is 15.0 Å². The van der Waals surface area contributed by atoms with Gasteiger partial charge in [-0.2, -0.15) is 0 Å². The molecule has 0 heterocycles. The van der Waals surface area contributed by atoms with E-state index in [4.69, 9.17) is 4.74 Å². The van der Waals surface area contributed by atoms with Gasteiger partial charge in [0, 0.05) is 26.6 Å². The van der Waals surface area contributed by atoms with Crippen molar-refractivity contribution in [2.75, 3.05) is 31.3 Å². The first-order valence-electron chi connectivity index (χ1n) is 11.3. The number of carbonyl (C=O) groups excluding carboxylic acids is 2. The monoisotopic (exact) mass is 489 g/mol. The van der Waals surface area contributed by atoms with Gasteiger partial charge in [-0.25, -0.2) is 8.42 Å². The summed E-state index contributed by atoms with van der Waals surface area (Å²) in [5, 5.41) is 2.59. The van der Waals surface area contributed by atoms with Crippen molar-refractivity contribution in [3.05, 3.63) is 59.7 Å². The smallest absolute Gasteiger partial charge is 0.242 e. The highest BCUT2D eigenvalue weighted by Gasteiger charge is 2.26. The van der Waals surface area contributed by atoms with Gasteiger partial charge in [0.15, 0.2) is 0 Å². The van der Waals surface area contributed by atoms with Crippen LogP contribution in [0, 0.1) is 0 Å². The quantitative estimate of drug-likeness (QED) is 0.495. The summed E-state index contributed by atoms with van der Waals surface area (Å²) in [5.41, 5.74) is 2.55. The number of hydrogen-bond donors (Lipinski definition) is 1. The van der Waals surface area contributed by atoms with Crippen LogP contribution in [0.2, 0.25) is 0 Å². The molecule has 2 aromatic rings. The minimum atomic E-state index is -3.51. The molecule has 0 aliphatic heterocycles. The molecule has 9 heteroatoms. The van der Waals surface area contributed by atoms with Gasteiger partial charge in [-0.05, 0) is 55.2 Å². The fraction of sp³-hybridized carbons (Fsp3) is 0.440. The lowest BCUT2D eigenvalue weighted by molar-refractivity contribution is -0.140. The molecule has 0 aliphatic rings. The van der Waals surface area contributed by atoms with Crippen molar-refractivity contribution in [2.45, 2.75) is 45.7 Å². The predicted molar refractivity (Wildman–Crippen MR) is 134 cm³/mol. The Bertz CT molecular complexity index is 1050. The second-order valence-corrected chi connectivity index (χ2v) is 10.0. The van der Waals surface area contributed by atoms with Crippen LogP contribution < -0.4 is 14.4 Å². The number of likely N-dealkylation sites (N-methyl/N-ethyl adjacent to an activating group) is 1. The highest BCUT2D eigenvalue weighted by molar-refractivity contribution is 7.92. The zero-order valence-corrected chi connectivity index (χ0v) is 21.4. The third-order valence-electron chi connectivity index (χ3n) is 5.71. The molecule has 2 amide bonds. The summed E-state index contributed by atoms with van der Waals surface area (Å²) in [6.07, 6.45) is 2.45. The predicted octanol–water partition coefficient (Wildman–Crippen LogP) is 2.97. The Morgan fingerprint density at radius 1 is 1.03 bits per heavy atom. The molecule has 2 aromatic carbocycles. The molecule has 0 unspecified atom stereocenters. The summed E-state index contributed by atoms with van der Waals surface area (Å²) in [6.45, 7) is 4.14. The molecule has 2 rings (SSSR count). The molecule has 34 heavy (non-hydrogen) atoms. The van der Waals surface area contributed by atoms with Crippen molar-refractivity contribution in [2.24, 2.45) is 0 Å². The Morgan fingerprint density at radius 3 is 2.12 bits per heavy atom. The lowest BCUT2D eigenvalue weighted by Gasteiger charge is -2.29. The number of rotatable bonds is 12. The number of sulfonamides is 1. The Hall–Kier alpha value is -3.07. The van der Waals surface area contributed by atoms with Crippen molar-refractivity contribution in [3.8, 4) is 5.75 Å². The Kier molecular flexibility index (Phi) is 9.92. The molecule has 8 nitrogen and oxygen atoms in total. The van der Waals surface area contributed by atoms with Crippen LogP contribution in [0.1, 0.15) is 37.8 Å². The molecule has 0 saturated carbocycles. The van der Waals surface area contributed by atoms with E-state index in [0.717, 1.165) is 23.8 Å². The third-order valence-corrected chi connectivity index (χ3v) is 6.90. The number of methoxy groups -OCH3 is 1. The van der Waals surface area contributed by atoms with Crippen molar-refractivity contribution < 1.29 is 22.7 Å². The molecule has 186 valence electrons. The number of hydrogen-bond acceptors (Lipinski definition) is 5. The summed E-state index contributed by atoms with van der Waals surface area (Å²) >= 11 is 0. The molecular formula is C25H35N3O5S. The third kappa shape index (κ3) is 7.48. The van der Waals surface area contributed by atoms with Crippen LogP contribution in [-0.2, 0) is 32.6 Å². The minimum Gasteiger partial charge on any atom is -0.497 e. The van der Waals surface area contributed by atoms with Crippen LogP contribution in [0.5, 0.6) is 5.75 Å². The maximum absolute atomic E-state index is 13.1. The molecule has 0 fully saturated rings. The van der Waals surface area contributed by atoms with Gasteiger partial charge in [0.05, 0.1) is 19.1 Å². The van der Waals surface area contributed by atoms with Crippen LogP contribution in [0.25, 0.3) is 0 Å². The molecule has 0 radical (unpaired) electrons. The van der Waals surface area contributed by atoms with Crippen molar-refractivity contribution in [3.63, 3.8) is 0 Å². The summed E-state index contributed by atoms with van der Waals surface area (Å²) in [7, 11) is -0.402.